The van der Waals surface area contributed by atoms with Gasteiger partial charge in [-0.1, -0.05) is 13.3 Å². The van der Waals surface area contributed by atoms with Crippen LogP contribution >= 0.6 is 0 Å². The van der Waals surface area contributed by atoms with Crippen LogP contribution in [-0.2, 0) is 16.0 Å². The fraction of sp³-hybridized carbons (Fsp3) is 0.545. The summed E-state index contributed by atoms with van der Waals surface area (Å²) < 4.78 is 17.0. The van der Waals surface area contributed by atoms with E-state index in [4.69, 9.17) is 13.9 Å². The van der Waals surface area contributed by atoms with Gasteiger partial charge in [-0.05, 0) is 38.0 Å². The molecule has 2 fully saturated rings. The number of aryl methyl sites for hydroxylation is 2. The summed E-state index contributed by atoms with van der Waals surface area (Å²) in [6.45, 7) is 8.69. The molecule has 3 heterocycles. The molecule has 6 heteroatoms. The van der Waals surface area contributed by atoms with Crippen molar-refractivity contribution in [2.45, 2.75) is 39.7 Å². The first-order chi connectivity index (χ1) is 13.5. The van der Waals surface area contributed by atoms with Gasteiger partial charge in [0.2, 0.25) is 0 Å². The number of fused-ring (bicyclic) bond motifs is 2. The number of rotatable bonds is 5. The first-order valence-corrected chi connectivity index (χ1v) is 10.1. The Morgan fingerprint density at radius 1 is 1.29 bits per heavy atom. The molecule has 0 saturated carbocycles. The van der Waals surface area contributed by atoms with Gasteiger partial charge in [0, 0.05) is 41.9 Å². The molecule has 0 radical (unpaired) electrons. The Labute approximate surface area is 164 Å². The molecule has 1 aromatic carbocycles. The second-order valence-electron chi connectivity index (χ2n) is 7.97. The minimum absolute atomic E-state index is 0.00455. The van der Waals surface area contributed by atoms with Crippen LogP contribution in [0, 0.1) is 18.8 Å². The zero-order valence-corrected chi connectivity index (χ0v) is 16.7. The molecule has 0 N–H and O–H groups in total. The molecular formula is C22H27NO5. The highest BCUT2D eigenvalue weighted by Gasteiger charge is 2.40. The second kappa shape index (κ2) is 7.59. The lowest BCUT2D eigenvalue weighted by molar-refractivity contribution is -0.137. The summed E-state index contributed by atoms with van der Waals surface area (Å²) in [6.07, 6.45) is 1.17. The summed E-state index contributed by atoms with van der Waals surface area (Å²) in [6, 6.07) is 5.35. The number of hydrogen-bond acceptors (Lipinski definition) is 5. The average molecular weight is 385 g/mol. The molecule has 2 aromatic rings. The predicted molar refractivity (Wildman–Crippen MR) is 106 cm³/mol. The Morgan fingerprint density at radius 3 is 2.68 bits per heavy atom. The van der Waals surface area contributed by atoms with Crippen molar-refractivity contribution in [1.82, 2.24) is 4.90 Å². The van der Waals surface area contributed by atoms with Gasteiger partial charge in [-0.25, -0.2) is 4.79 Å². The first-order valence-electron chi connectivity index (χ1n) is 10.1. The lowest BCUT2D eigenvalue weighted by Crippen LogP contribution is -2.40. The van der Waals surface area contributed by atoms with Gasteiger partial charge in [0.25, 0.3) is 5.91 Å². The van der Waals surface area contributed by atoms with Gasteiger partial charge >= 0.3 is 5.63 Å². The van der Waals surface area contributed by atoms with E-state index in [1.54, 1.807) is 13.0 Å². The molecule has 1 unspecified atom stereocenters. The van der Waals surface area contributed by atoms with Crippen LogP contribution in [0.1, 0.15) is 31.4 Å². The summed E-state index contributed by atoms with van der Waals surface area (Å²) in [7, 11) is 0. The molecule has 28 heavy (non-hydrogen) atoms. The third kappa shape index (κ3) is 3.41. The predicted octanol–water partition coefficient (Wildman–Crippen LogP) is 2.93. The lowest BCUT2D eigenvalue weighted by atomic mass is 10.0. The van der Waals surface area contributed by atoms with Crippen molar-refractivity contribution >= 4 is 16.9 Å². The number of carbonyl (C=O) groups is 1. The van der Waals surface area contributed by atoms with Crippen molar-refractivity contribution in [3.8, 4) is 5.75 Å². The minimum Gasteiger partial charge on any atom is -0.480 e. The highest BCUT2D eigenvalue weighted by Crippen LogP contribution is 2.32. The SMILES string of the molecule is CCCc1cc(=O)oc2c(C)c(OC(C)C(=O)N3C[C@H]4COC[C@H]4C3)ccc12. The van der Waals surface area contributed by atoms with Gasteiger partial charge in [-0.15, -0.1) is 0 Å². The molecule has 1 amide bonds. The Morgan fingerprint density at radius 2 is 2.00 bits per heavy atom. The number of amides is 1. The van der Waals surface area contributed by atoms with Crippen LogP contribution in [0.25, 0.3) is 11.0 Å². The Balaban J connectivity index is 1.55. The Bertz CT molecular complexity index is 938. The largest absolute Gasteiger partial charge is 0.480 e. The van der Waals surface area contributed by atoms with Crippen molar-refractivity contribution in [3.05, 3.63) is 39.7 Å². The van der Waals surface area contributed by atoms with Crippen LogP contribution in [0.2, 0.25) is 0 Å². The summed E-state index contributed by atoms with van der Waals surface area (Å²) in [5.74, 6) is 1.47. The Kier molecular flexibility index (Phi) is 5.15. The van der Waals surface area contributed by atoms with Gasteiger partial charge in [-0.3, -0.25) is 4.79 Å². The maximum Gasteiger partial charge on any atom is 0.336 e. The number of likely N-dealkylation sites (tertiary alicyclic amines) is 1. The zero-order valence-electron chi connectivity index (χ0n) is 16.7. The van der Waals surface area contributed by atoms with Crippen molar-refractivity contribution in [2.24, 2.45) is 11.8 Å². The number of hydrogen-bond donors (Lipinski definition) is 0. The maximum atomic E-state index is 12.8. The van der Waals surface area contributed by atoms with Crippen LogP contribution < -0.4 is 10.4 Å². The van der Waals surface area contributed by atoms with Crippen molar-refractivity contribution in [2.75, 3.05) is 26.3 Å². The topological polar surface area (TPSA) is 69.0 Å². The standard InChI is InChI=1S/C22H27NO5/c1-4-5-15-8-20(24)28-21-13(2)19(7-6-18(15)21)27-14(3)22(25)23-9-16-11-26-12-17(16)10-23/h6-8,14,16-17H,4-5,9-12H2,1-3H3/t14?,16-,17+. The van der Waals surface area contributed by atoms with Crippen molar-refractivity contribution in [3.63, 3.8) is 0 Å². The van der Waals surface area contributed by atoms with E-state index in [2.05, 4.69) is 6.92 Å². The molecule has 4 rings (SSSR count). The monoisotopic (exact) mass is 385 g/mol. The molecule has 1 aromatic heterocycles. The third-order valence-electron chi connectivity index (χ3n) is 5.92. The quantitative estimate of drug-likeness (QED) is 0.740. The zero-order chi connectivity index (χ0) is 19.8. The van der Waals surface area contributed by atoms with E-state index in [0.717, 1.165) is 55.7 Å². The minimum atomic E-state index is -0.596. The van der Waals surface area contributed by atoms with E-state index in [9.17, 15) is 9.59 Å². The lowest BCUT2D eigenvalue weighted by Gasteiger charge is -2.23. The van der Waals surface area contributed by atoms with E-state index in [0.29, 0.717) is 23.2 Å². The summed E-state index contributed by atoms with van der Waals surface area (Å²) in [4.78, 5) is 26.7. The Hall–Kier alpha value is -2.34. The van der Waals surface area contributed by atoms with Gasteiger partial charge < -0.3 is 18.8 Å². The molecule has 3 atom stereocenters. The van der Waals surface area contributed by atoms with Crippen LogP contribution in [0.4, 0.5) is 0 Å². The van der Waals surface area contributed by atoms with Gasteiger partial charge in [0.05, 0.1) is 13.2 Å². The van der Waals surface area contributed by atoms with Gasteiger partial charge in [-0.2, -0.15) is 0 Å². The molecular weight excluding hydrogens is 358 g/mol. The van der Waals surface area contributed by atoms with Gasteiger partial charge in [0.1, 0.15) is 11.3 Å². The van der Waals surface area contributed by atoms with Gasteiger partial charge in [0.15, 0.2) is 6.10 Å². The first kappa shape index (κ1) is 19.0. The summed E-state index contributed by atoms with van der Waals surface area (Å²) >= 11 is 0. The highest BCUT2D eigenvalue weighted by atomic mass is 16.5. The molecule has 2 aliphatic rings. The highest BCUT2D eigenvalue weighted by molar-refractivity contribution is 5.85. The normalized spacial score (nSPS) is 22.5. The number of ether oxygens (including phenoxy) is 2. The molecule has 2 aliphatic heterocycles. The number of nitrogens with zero attached hydrogens (tertiary/aromatic N) is 1. The number of carbonyl (C=O) groups excluding carboxylic acids is 1. The van der Waals surface area contributed by atoms with Crippen molar-refractivity contribution in [1.29, 1.82) is 0 Å². The number of benzene rings is 1. The van der Waals surface area contributed by atoms with Crippen molar-refractivity contribution < 1.29 is 18.7 Å². The van der Waals surface area contributed by atoms with Crippen LogP contribution in [-0.4, -0.2) is 43.2 Å². The maximum absolute atomic E-state index is 12.8. The third-order valence-corrected chi connectivity index (χ3v) is 5.92. The molecule has 0 bridgehead atoms. The summed E-state index contributed by atoms with van der Waals surface area (Å²) in [5.41, 5.74) is 1.92. The van der Waals surface area contributed by atoms with Crippen LogP contribution in [0.3, 0.4) is 0 Å². The molecule has 6 nitrogen and oxygen atoms in total. The smallest absolute Gasteiger partial charge is 0.336 e. The molecule has 150 valence electrons. The van der Waals surface area contributed by atoms with Crippen LogP contribution in [0.15, 0.2) is 27.4 Å². The van der Waals surface area contributed by atoms with E-state index in [1.807, 2.05) is 24.0 Å². The van der Waals surface area contributed by atoms with E-state index >= 15 is 0 Å². The second-order valence-corrected chi connectivity index (χ2v) is 7.97. The average Bonchev–Trinajstić information content (AvgIpc) is 3.26. The molecule has 0 aliphatic carbocycles. The van der Waals surface area contributed by atoms with Crippen LogP contribution in [0.5, 0.6) is 5.75 Å². The molecule has 0 spiro atoms. The fourth-order valence-electron chi connectivity index (χ4n) is 4.38. The van der Waals surface area contributed by atoms with E-state index < -0.39 is 6.10 Å². The van der Waals surface area contributed by atoms with E-state index in [1.165, 1.54) is 0 Å². The fourth-order valence-corrected chi connectivity index (χ4v) is 4.38. The summed E-state index contributed by atoms with van der Waals surface area (Å²) in [5, 5.41) is 0.928. The van der Waals surface area contributed by atoms with E-state index in [-0.39, 0.29) is 11.5 Å². The molecule has 2 saturated heterocycles.